The lowest BCUT2D eigenvalue weighted by molar-refractivity contribution is 0.161. The molecule has 0 saturated heterocycles. The van der Waals surface area contributed by atoms with Gasteiger partial charge in [-0.25, -0.2) is 4.39 Å². The molecule has 0 aliphatic rings. The van der Waals surface area contributed by atoms with E-state index in [1.807, 2.05) is 26.0 Å². The first-order chi connectivity index (χ1) is 5.12. The minimum absolute atomic E-state index is 0.658. The summed E-state index contributed by atoms with van der Waals surface area (Å²) in [5.74, 6) is 0. The average molecular weight is 158 g/mol. The number of alkyl halides is 1. The van der Waals surface area contributed by atoms with Crippen LogP contribution in [0.5, 0.6) is 0 Å². The molecule has 0 bridgehead atoms. The van der Waals surface area contributed by atoms with Gasteiger partial charge >= 0.3 is 0 Å². The van der Waals surface area contributed by atoms with Crippen molar-refractivity contribution >= 4 is 0 Å². The van der Waals surface area contributed by atoms with Crippen LogP contribution < -0.4 is 0 Å². The maximum Gasteiger partial charge on any atom is 0.108 e. The lowest BCUT2D eigenvalue weighted by atomic mass is 9.97. The zero-order valence-electron chi connectivity index (χ0n) is 7.86. The molecule has 0 amide bonds. The Labute approximate surface area is 69.5 Å². The van der Waals surface area contributed by atoms with Crippen LogP contribution in [0, 0.1) is 0 Å². The zero-order chi connectivity index (χ0) is 8.74. The molecule has 0 radical (unpaired) electrons. The number of hydrogen-bond acceptors (Lipinski definition) is 0. The second-order valence-corrected chi connectivity index (χ2v) is 3.27. The summed E-state index contributed by atoms with van der Waals surface area (Å²) in [6.45, 7) is 5.68. The van der Waals surface area contributed by atoms with Crippen LogP contribution in [-0.2, 0) is 0 Å². The average Bonchev–Trinajstić information content (AvgIpc) is 1.87. The van der Waals surface area contributed by atoms with Crippen molar-refractivity contribution in [2.45, 2.75) is 52.1 Å². The van der Waals surface area contributed by atoms with Gasteiger partial charge in [0, 0.05) is 0 Å². The maximum absolute atomic E-state index is 13.4. The smallest absolute Gasteiger partial charge is 0.108 e. The molecular weight excluding hydrogens is 139 g/mol. The molecule has 66 valence electrons. The summed E-state index contributed by atoms with van der Waals surface area (Å²) in [5.41, 5.74) is -0.950. The largest absolute Gasteiger partial charge is 0.244 e. The molecule has 11 heavy (non-hydrogen) atoms. The van der Waals surface area contributed by atoms with Gasteiger partial charge in [-0.3, -0.25) is 0 Å². The van der Waals surface area contributed by atoms with Crippen LogP contribution in [0.25, 0.3) is 0 Å². The molecule has 1 heteroatoms. The summed E-state index contributed by atoms with van der Waals surface area (Å²) < 4.78 is 13.4. The third-order valence-corrected chi connectivity index (χ3v) is 1.84. The molecule has 0 saturated carbocycles. The fourth-order valence-electron chi connectivity index (χ4n) is 1.20. The van der Waals surface area contributed by atoms with E-state index in [1.165, 1.54) is 0 Å². The van der Waals surface area contributed by atoms with Crippen LogP contribution in [-0.4, -0.2) is 5.67 Å². The molecule has 0 aromatic carbocycles. The van der Waals surface area contributed by atoms with Crippen molar-refractivity contribution in [3.8, 4) is 0 Å². The third-order valence-electron chi connectivity index (χ3n) is 1.84. The number of hydrogen-bond donors (Lipinski definition) is 0. The molecule has 0 fully saturated rings. The fraction of sp³-hybridized carbons (Fsp3) is 0.800. The highest BCUT2D eigenvalue weighted by Crippen LogP contribution is 2.23. The van der Waals surface area contributed by atoms with Gasteiger partial charge in [0.25, 0.3) is 0 Å². The van der Waals surface area contributed by atoms with Crippen LogP contribution in [0.4, 0.5) is 4.39 Å². The molecule has 0 aromatic rings. The van der Waals surface area contributed by atoms with Crippen molar-refractivity contribution in [2.75, 3.05) is 0 Å². The van der Waals surface area contributed by atoms with Gasteiger partial charge in [0.15, 0.2) is 0 Å². The second kappa shape index (κ2) is 5.34. The minimum Gasteiger partial charge on any atom is -0.244 e. The molecule has 0 rings (SSSR count). The molecule has 0 aromatic heterocycles. The summed E-state index contributed by atoms with van der Waals surface area (Å²) in [6.07, 6.45) is 7.14. The first kappa shape index (κ1) is 10.7. The van der Waals surface area contributed by atoms with E-state index in [1.54, 1.807) is 6.92 Å². The van der Waals surface area contributed by atoms with Gasteiger partial charge in [0.2, 0.25) is 0 Å². The van der Waals surface area contributed by atoms with Crippen molar-refractivity contribution < 1.29 is 4.39 Å². The molecule has 0 spiro atoms. The maximum atomic E-state index is 13.4. The minimum atomic E-state index is -0.950. The molecule has 1 atom stereocenters. The highest BCUT2D eigenvalue weighted by atomic mass is 19.1. The molecular formula is C10H19F. The summed E-state index contributed by atoms with van der Waals surface area (Å²) in [7, 11) is 0. The summed E-state index contributed by atoms with van der Waals surface area (Å²) in [4.78, 5) is 0. The van der Waals surface area contributed by atoms with Crippen molar-refractivity contribution in [3.63, 3.8) is 0 Å². The molecule has 0 nitrogen and oxygen atoms in total. The van der Waals surface area contributed by atoms with E-state index < -0.39 is 5.67 Å². The molecule has 1 unspecified atom stereocenters. The predicted octanol–water partition coefficient (Wildman–Crippen LogP) is 3.87. The Morgan fingerprint density at radius 1 is 1.36 bits per heavy atom. The Balaban J connectivity index is 3.54. The van der Waals surface area contributed by atoms with Gasteiger partial charge in [-0.05, 0) is 33.1 Å². The lowest BCUT2D eigenvalue weighted by Crippen LogP contribution is -2.16. The van der Waals surface area contributed by atoms with Gasteiger partial charge in [0.1, 0.15) is 5.67 Å². The van der Waals surface area contributed by atoms with Crippen LogP contribution in [0.15, 0.2) is 12.2 Å². The van der Waals surface area contributed by atoms with Crippen LogP contribution in [0.2, 0.25) is 0 Å². The summed E-state index contributed by atoms with van der Waals surface area (Å²) in [6, 6.07) is 0. The summed E-state index contributed by atoms with van der Waals surface area (Å²) >= 11 is 0. The van der Waals surface area contributed by atoms with E-state index >= 15 is 0 Å². The first-order valence-electron chi connectivity index (χ1n) is 4.42. The Hall–Kier alpha value is -0.330. The Kier molecular flexibility index (Phi) is 5.18. The highest BCUT2D eigenvalue weighted by Gasteiger charge is 2.19. The van der Waals surface area contributed by atoms with Gasteiger partial charge in [-0.1, -0.05) is 25.5 Å². The van der Waals surface area contributed by atoms with Gasteiger partial charge in [0.05, 0.1) is 0 Å². The first-order valence-corrected chi connectivity index (χ1v) is 4.42. The fourth-order valence-corrected chi connectivity index (χ4v) is 1.20. The lowest BCUT2D eigenvalue weighted by Gasteiger charge is -2.17. The number of rotatable bonds is 5. The Morgan fingerprint density at radius 3 is 2.45 bits per heavy atom. The zero-order valence-corrected chi connectivity index (χ0v) is 7.86. The van der Waals surface area contributed by atoms with Crippen LogP contribution >= 0.6 is 0 Å². The Bertz CT molecular complexity index is 114. The van der Waals surface area contributed by atoms with Crippen molar-refractivity contribution in [3.05, 3.63) is 12.2 Å². The van der Waals surface area contributed by atoms with E-state index in [0.717, 1.165) is 12.8 Å². The standard InChI is InChI=1S/C10H19F/c1-4-6-7-9-10(3,11)8-5-2/h4,6H,5,7-9H2,1-3H3/b6-4+. The van der Waals surface area contributed by atoms with Crippen molar-refractivity contribution in [2.24, 2.45) is 0 Å². The van der Waals surface area contributed by atoms with Crippen LogP contribution in [0.1, 0.15) is 46.5 Å². The third kappa shape index (κ3) is 6.08. The SMILES string of the molecule is C/C=C/CCC(C)(F)CCC. The normalized spacial score (nSPS) is 17.1. The second-order valence-electron chi connectivity index (χ2n) is 3.27. The van der Waals surface area contributed by atoms with E-state index in [-0.39, 0.29) is 0 Å². The van der Waals surface area contributed by atoms with Gasteiger partial charge in [-0.15, -0.1) is 0 Å². The summed E-state index contributed by atoms with van der Waals surface area (Å²) in [5, 5.41) is 0. The van der Waals surface area contributed by atoms with Gasteiger partial charge in [-0.2, -0.15) is 0 Å². The molecule has 0 N–H and O–H groups in total. The van der Waals surface area contributed by atoms with Crippen LogP contribution in [0.3, 0.4) is 0 Å². The molecule has 0 aliphatic carbocycles. The van der Waals surface area contributed by atoms with E-state index in [9.17, 15) is 4.39 Å². The Morgan fingerprint density at radius 2 is 2.00 bits per heavy atom. The number of allylic oxidation sites excluding steroid dienone is 2. The monoisotopic (exact) mass is 158 g/mol. The predicted molar refractivity (Wildman–Crippen MR) is 48.5 cm³/mol. The van der Waals surface area contributed by atoms with E-state index in [4.69, 9.17) is 0 Å². The quantitative estimate of drug-likeness (QED) is 0.533. The van der Waals surface area contributed by atoms with Crippen molar-refractivity contribution in [1.82, 2.24) is 0 Å². The highest BCUT2D eigenvalue weighted by molar-refractivity contribution is 4.82. The van der Waals surface area contributed by atoms with Gasteiger partial charge < -0.3 is 0 Å². The molecule has 0 aliphatic heterocycles. The van der Waals surface area contributed by atoms with E-state index in [2.05, 4.69) is 0 Å². The molecule has 0 heterocycles. The topological polar surface area (TPSA) is 0 Å². The van der Waals surface area contributed by atoms with Crippen molar-refractivity contribution in [1.29, 1.82) is 0 Å². The van der Waals surface area contributed by atoms with E-state index in [0.29, 0.717) is 12.8 Å². The number of halogens is 1.